The van der Waals surface area contributed by atoms with E-state index >= 15 is 0 Å². The third-order valence-corrected chi connectivity index (χ3v) is 2.19. The van der Waals surface area contributed by atoms with Gasteiger partial charge in [-0.25, -0.2) is 0 Å². The van der Waals surface area contributed by atoms with Crippen LogP contribution in [0.15, 0.2) is 6.20 Å². The van der Waals surface area contributed by atoms with E-state index in [9.17, 15) is 4.79 Å². The fourth-order valence-electron chi connectivity index (χ4n) is 1.39. The summed E-state index contributed by atoms with van der Waals surface area (Å²) in [6.07, 6.45) is 2.48. The molecule has 1 heterocycles. The predicted molar refractivity (Wildman–Crippen MR) is 63.2 cm³/mol. The van der Waals surface area contributed by atoms with Crippen LogP contribution in [0.5, 0.6) is 0 Å². The maximum Gasteiger partial charge on any atom is 0.254 e. The van der Waals surface area contributed by atoms with Crippen molar-refractivity contribution in [3.63, 3.8) is 0 Å². The Balaban J connectivity index is 2.73. The number of aromatic nitrogens is 2. The molecule has 1 aromatic heterocycles. The van der Waals surface area contributed by atoms with Gasteiger partial charge in [0.15, 0.2) is 0 Å². The first-order valence-electron chi connectivity index (χ1n) is 5.43. The maximum absolute atomic E-state index is 11.9. The quantitative estimate of drug-likeness (QED) is 0.780. The molecule has 0 fully saturated rings. The van der Waals surface area contributed by atoms with Crippen molar-refractivity contribution in [1.82, 2.24) is 15.1 Å². The molecule has 0 spiro atoms. The van der Waals surface area contributed by atoms with Crippen LogP contribution in [0, 0.1) is 0 Å². The van der Waals surface area contributed by atoms with Crippen molar-refractivity contribution < 1.29 is 4.79 Å². The van der Waals surface area contributed by atoms with Crippen LogP contribution in [-0.2, 0) is 13.5 Å². The molecule has 0 saturated heterocycles. The molecule has 0 aliphatic rings. The Morgan fingerprint density at radius 2 is 2.25 bits per heavy atom. The van der Waals surface area contributed by atoms with Gasteiger partial charge in [-0.05, 0) is 20.3 Å². The highest BCUT2D eigenvalue weighted by molar-refractivity contribution is 5.95. The summed E-state index contributed by atoms with van der Waals surface area (Å²) in [6.45, 7) is 6.17. The van der Waals surface area contributed by atoms with E-state index < -0.39 is 5.54 Å². The average Bonchev–Trinajstić information content (AvgIpc) is 2.55. The number of hydrogen-bond acceptors (Lipinski definition) is 3. The Morgan fingerprint density at radius 1 is 1.62 bits per heavy atom. The van der Waals surface area contributed by atoms with E-state index in [1.807, 2.05) is 27.8 Å². The topological polar surface area (TPSA) is 72.9 Å². The number of carbonyl (C=O) groups is 1. The molecule has 1 rings (SSSR count). The number of nitrogens with one attached hydrogen (secondary N) is 1. The summed E-state index contributed by atoms with van der Waals surface area (Å²) in [6, 6.07) is 0. The van der Waals surface area contributed by atoms with Crippen molar-refractivity contribution in [2.45, 2.75) is 32.7 Å². The van der Waals surface area contributed by atoms with Crippen LogP contribution in [0.1, 0.15) is 36.8 Å². The zero-order chi connectivity index (χ0) is 12.3. The van der Waals surface area contributed by atoms with E-state index in [0.29, 0.717) is 12.1 Å². The lowest BCUT2D eigenvalue weighted by Gasteiger charge is -2.18. The lowest BCUT2D eigenvalue weighted by Crippen LogP contribution is -2.45. The van der Waals surface area contributed by atoms with Crippen molar-refractivity contribution in [1.29, 1.82) is 0 Å². The van der Waals surface area contributed by atoms with E-state index in [-0.39, 0.29) is 5.91 Å². The highest BCUT2D eigenvalue weighted by Gasteiger charge is 2.17. The normalized spacial score (nSPS) is 11.6. The van der Waals surface area contributed by atoms with Gasteiger partial charge in [0.05, 0.1) is 11.3 Å². The molecule has 0 aliphatic carbocycles. The molecule has 5 nitrogen and oxygen atoms in total. The zero-order valence-electron chi connectivity index (χ0n) is 10.4. The summed E-state index contributed by atoms with van der Waals surface area (Å²) < 4.78 is 1.65. The fraction of sp³-hybridized carbons (Fsp3) is 0.636. The minimum absolute atomic E-state index is 0.108. The number of rotatable bonds is 4. The average molecular weight is 224 g/mol. The van der Waals surface area contributed by atoms with Crippen molar-refractivity contribution >= 4 is 5.91 Å². The molecule has 0 bridgehead atoms. The molecular formula is C11H20N4O. The zero-order valence-corrected chi connectivity index (χ0v) is 10.4. The molecule has 0 aromatic carbocycles. The van der Waals surface area contributed by atoms with Crippen LogP contribution in [0.25, 0.3) is 0 Å². The summed E-state index contributed by atoms with van der Waals surface area (Å²) in [4.78, 5) is 11.9. The SMILES string of the molecule is CCc1nn(C)cc1C(=O)NCC(C)(C)N. The van der Waals surface area contributed by atoms with Crippen molar-refractivity contribution in [2.75, 3.05) is 6.54 Å². The Kier molecular flexibility index (Phi) is 3.70. The minimum atomic E-state index is -0.399. The van der Waals surface area contributed by atoms with E-state index in [0.717, 1.165) is 12.1 Å². The number of nitrogens with two attached hydrogens (primary N) is 1. The molecule has 3 N–H and O–H groups in total. The molecule has 16 heavy (non-hydrogen) atoms. The maximum atomic E-state index is 11.9. The van der Waals surface area contributed by atoms with E-state index in [1.54, 1.807) is 10.9 Å². The summed E-state index contributed by atoms with van der Waals surface area (Å²) in [5, 5.41) is 7.03. The monoisotopic (exact) mass is 224 g/mol. The predicted octanol–water partition coefficient (Wildman–Crippen LogP) is 0.450. The second-order valence-corrected chi connectivity index (χ2v) is 4.69. The van der Waals surface area contributed by atoms with Gasteiger partial charge in [0.25, 0.3) is 5.91 Å². The molecule has 1 amide bonds. The molecule has 1 aromatic rings. The van der Waals surface area contributed by atoms with Crippen LogP contribution in [0.4, 0.5) is 0 Å². The number of nitrogens with zero attached hydrogens (tertiary/aromatic N) is 2. The van der Waals surface area contributed by atoms with E-state index in [4.69, 9.17) is 5.73 Å². The van der Waals surface area contributed by atoms with Crippen LogP contribution in [0.3, 0.4) is 0 Å². The third kappa shape index (κ3) is 3.34. The van der Waals surface area contributed by atoms with Gasteiger partial charge in [0.1, 0.15) is 0 Å². The van der Waals surface area contributed by atoms with Gasteiger partial charge in [-0.3, -0.25) is 9.48 Å². The van der Waals surface area contributed by atoms with Gasteiger partial charge >= 0.3 is 0 Å². The summed E-state index contributed by atoms with van der Waals surface area (Å²) in [7, 11) is 1.81. The van der Waals surface area contributed by atoms with E-state index in [1.165, 1.54) is 0 Å². The second-order valence-electron chi connectivity index (χ2n) is 4.69. The van der Waals surface area contributed by atoms with Gasteiger partial charge in [0, 0.05) is 25.3 Å². The molecule has 0 saturated carbocycles. The summed E-state index contributed by atoms with van der Waals surface area (Å²) in [5.41, 5.74) is 6.85. The molecule has 5 heteroatoms. The number of hydrogen-bond donors (Lipinski definition) is 2. The van der Waals surface area contributed by atoms with Gasteiger partial charge in [0.2, 0.25) is 0 Å². The van der Waals surface area contributed by atoms with Gasteiger partial charge in [-0.1, -0.05) is 6.92 Å². The molecule has 0 atom stereocenters. The number of carbonyl (C=O) groups excluding carboxylic acids is 1. The highest BCUT2D eigenvalue weighted by Crippen LogP contribution is 2.07. The number of aryl methyl sites for hydroxylation is 2. The standard InChI is InChI=1S/C11H20N4O/c1-5-9-8(6-15(4)14-9)10(16)13-7-11(2,3)12/h6H,5,7,12H2,1-4H3,(H,13,16). The molecule has 0 radical (unpaired) electrons. The van der Waals surface area contributed by atoms with Crippen LogP contribution in [-0.4, -0.2) is 27.8 Å². The minimum Gasteiger partial charge on any atom is -0.350 e. The van der Waals surface area contributed by atoms with E-state index in [2.05, 4.69) is 10.4 Å². The molecule has 0 unspecified atom stereocenters. The Bertz CT molecular complexity index is 376. The smallest absolute Gasteiger partial charge is 0.254 e. The lowest BCUT2D eigenvalue weighted by atomic mass is 10.1. The first kappa shape index (κ1) is 12.7. The molecule has 0 aliphatic heterocycles. The largest absolute Gasteiger partial charge is 0.350 e. The van der Waals surface area contributed by atoms with Crippen LogP contribution >= 0.6 is 0 Å². The first-order valence-corrected chi connectivity index (χ1v) is 5.43. The highest BCUT2D eigenvalue weighted by atomic mass is 16.1. The Morgan fingerprint density at radius 3 is 2.75 bits per heavy atom. The Hall–Kier alpha value is -1.36. The summed E-state index contributed by atoms with van der Waals surface area (Å²) in [5.74, 6) is -0.108. The van der Waals surface area contributed by atoms with Crippen molar-refractivity contribution in [3.8, 4) is 0 Å². The number of amides is 1. The summed E-state index contributed by atoms with van der Waals surface area (Å²) >= 11 is 0. The molecular weight excluding hydrogens is 204 g/mol. The van der Waals surface area contributed by atoms with Gasteiger partial charge in [-0.2, -0.15) is 5.10 Å². The second kappa shape index (κ2) is 4.65. The molecule has 90 valence electrons. The van der Waals surface area contributed by atoms with Crippen molar-refractivity contribution in [2.24, 2.45) is 12.8 Å². The van der Waals surface area contributed by atoms with Crippen molar-refractivity contribution in [3.05, 3.63) is 17.5 Å². The lowest BCUT2D eigenvalue weighted by molar-refractivity contribution is 0.0945. The fourth-order valence-corrected chi connectivity index (χ4v) is 1.39. The Labute approximate surface area is 96.0 Å². The van der Waals surface area contributed by atoms with Gasteiger partial charge in [-0.15, -0.1) is 0 Å². The van der Waals surface area contributed by atoms with Gasteiger partial charge < -0.3 is 11.1 Å². The van der Waals surface area contributed by atoms with Crippen LogP contribution in [0.2, 0.25) is 0 Å². The third-order valence-electron chi connectivity index (χ3n) is 2.19. The first-order chi connectivity index (χ1) is 7.33. The van der Waals surface area contributed by atoms with Crippen LogP contribution < -0.4 is 11.1 Å².